The molecule has 1 aliphatic carbocycles. The van der Waals surface area contributed by atoms with Gasteiger partial charge in [0.2, 0.25) is 0 Å². The molecule has 22 heavy (non-hydrogen) atoms. The summed E-state index contributed by atoms with van der Waals surface area (Å²) in [6, 6.07) is 5.97. The highest BCUT2D eigenvalue weighted by Crippen LogP contribution is 2.37. The van der Waals surface area contributed by atoms with E-state index in [2.05, 4.69) is 6.07 Å². The maximum absolute atomic E-state index is 12.0. The second kappa shape index (κ2) is 6.57. The molecule has 1 atom stereocenters. The van der Waals surface area contributed by atoms with Gasteiger partial charge in [0.25, 0.3) is 0 Å². The molecule has 1 aromatic carbocycles. The number of nitrogens with two attached hydrogens (primary N) is 1. The Hall–Kier alpha value is -1.75. The molecule has 1 aliphatic heterocycles. The minimum atomic E-state index is -0.327. The molecule has 5 nitrogen and oxygen atoms in total. The first-order valence-corrected chi connectivity index (χ1v) is 8.05. The first-order valence-electron chi connectivity index (χ1n) is 8.05. The number of nitrogens with zero attached hydrogens (tertiary/aromatic N) is 1. The number of cyclic esters (lactones) is 1. The number of hydrogen-bond acceptors (Lipinski definition) is 4. The predicted octanol–water partition coefficient (Wildman–Crippen LogP) is 3.29. The summed E-state index contributed by atoms with van der Waals surface area (Å²) in [7, 11) is 1.60. The van der Waals surface area contributed by atoms with Gasteiger partial charge in [-0.15, -0.1) is 0 Å². The normalized spacial score (nSPS) is 22.9. The molecule has 2 N–H and O–H groups in total. The van der Waals surface area contributed by atoms with Crippen molar-refractivity contribution < 1.29 is 14.3 Å². The van der Waals surface area contributed by atoms with Crippen LogP contribution in [-0.4, -0.2) is 32.5 Å². The van der Waals surface area contributed by atoms with E-state index in [1.807, 2.05) is 12.1 Å². The number of carbonyl (C=O) groups excluding carboxylic acids is 1. The van der Waals surface area contributed by atoms with Crippen molar-refractivity contribution in [2.24, 2.45) is 0 Å². The molecular weight excluding hydrogens is 280 g/mol. The van der Waals surface area contributed by atoms with Crippen molar-refractivity contribution in [1.82, 2.24) is 0 Å². The molecule has 1 amide bonds. The summed E-state index contributed by atoms with van der Waals surface area (Å²) in [4.78, 5) is 13.6. The van der Waals surface area contributed by atoms with Gasteiger partial charge in [0.05, 0.1) is 13.2 Å². The predicted molar refractivity (Wildman–Crippen MR) is 86.2 cm³/mol. The van der Waals surface area contributed by atoms with E-state index in [-0.39, 0.29) is 12.2 Å². The van der Waals surface area contributed by atoms with Gasteiger partial charge < -0.3 is 15.2 Å². The standard InChI is InChI=1S/C17H24N2O3/c1-21-11-14-10-19(17(20)22-14)13-7-8-15(16(18)9-13)12-5-3-2-4-6-12/h7-9,12,14H,2-6,10-11,18H2,1H3/t14-/m0/s1. The fourth-order valence-electron chi connectivity index (χ4n) is 3.52. The minimum absolute atomic E-state index is 0.211. The van der Waals surface area contributed by atoms with Crippen molar-refractivity contribution in [3.05, 3.63) is 23.8 Å². The highest BCUT2D eigenvalue weighted by molar-refractivity contribution is 5.90. The van der Waals surface area contributed by atoms with Gasteiger partial charge in [-0.3, -0.25) is 4.90 Å². The van der Waals surface area contributed by atoms with Crippen molar-refractivity contribution in [2.75, 3.05) is 30.9 Å². The van der Waals surface area contributed by atoms with E-state index < -0.39 is 0 Å². The molecule has 5 heteroatoms. The third-order valence-electron chi connectivity index (χ3n) is 4.65. The number of ether oxygens (including phenoxy) is 2. The quantitative estimate of drug-likeness (QED) is 0.867. The van der Waals surface area contributed by atoms with Crippen molar-refractivity contribution in [2.45, 2.75) is 44.1 Å². The van der Waals surface area contributed by atoms with Crippen LogP contribution in [0.15, 0.2) is 18.2 Å². The zero-order valence-electron chi connectivity index (χ0n) is 13.1. The van der Waals surface area contributed by atoms with Crippen molar-refractivity contribution >= 4 is 17.5 Å². The average Bonchev–Trinajstić information content (AvgIpc) is 2.89. The number of rotatable bonds is 4. The fraction of sp³-hybridized carbons (Fsp3) is 0.588. The van der Waals surface area contributed by atoms with Crippen LogP contribution in [0, 0.1) is 0 Å². The maximum atomic E-state index is 12.0. The Kier molecular flexibility index (Phi) is 4.52. The van der Waals surface area contributed by atoms with E-state index in [1.165, 1.54) is 37.7 Å². The lowest BCUT2D eigenvalue weighted by atomic mass is 9.83. The summed E-state index contributed by atoms with van der Waals surface area (Å²) in [6.45, 7) is 0.923. The number of anilines is 2. The zero-order valence-corrected chi connectivity index (χ0v) is 13.1. The van der Waals surface area contributed by atoms with Crippen molar-refractivity contribution in [1.29, 1.82) is 0 Å². The minimum Gasteiger partial charge on any atom is -0.441 e. The van der Waals surface area contributed by atoms with Crippen LogP contribution in [0.3, 0.4) is 0 Å². The van der Waals surface area contributed by atoms with Gasteiger partial charge in [-0.2, -0.15) is 0 Å². The molecule has 120 valence electrons. The molecule has 1 heterocycles. The first-order chi connectivity index (χ1) is 10.7. The van der Waals surface area contributed by atoms with E-state index in [0.717, 1.165) is 11.4 Å². The van der Waals surface area contributed by atoms with E-state index in [0.29, 0.717) is 19.1 Å². The summed E-state index contributed by atoms with van der Waals surface area (Å²) >= 11 is 0. The molecule has 3 rings (SSSR count). The lowest BCUT2D eigenvalue weighted by molar-refractivity contribution is 0.0718. The van der Waals surface area contributed by atoms with Crippen LogP contribution in [0.2, 0.25) is 0 Å². The smallest absolute Gasteiger partial charge is 0.414 e. The van der Waals surface area contributed by atoms with Gasteiger partial charge in [0.1, 0.15) is 6.10 Å². The second-order valence-electron chi connectivity index (χ2n) is 6.22. The number of methoxy groups -OCH3 is 1. The molecule has 0 unspecified atom stereocenters. The van der Waals surface area contributed by atoms with Crippen LogP contribution >= 0.6 is 0 Å². The van der Waals surface area contributed by atoms with Crippen LogP contribution < -0.4 is 10.6 Å². The van der Waals surface area contributed by atoms with Crippen LogP contribution in [0.5, 0.6) is 0 Å². The lowest BCUT2D eigenvalue weighted by Gasteiger charge is -2.24. The Morgan fingerprint density at radius 3 is 2.77 bits per heavy atom. The number of carbonyl (C=O) groups is 1. The Balaban J connectivity index is 1.75. The maximum Gasteiger partial charge on any atom is 0.414 e. The van der Waals surface area contributed by atoms with Crippen LogP contribution in [0.4, 0.5) is 16.2 Å². The number of amides is 1. The molecule has 0 spiro atoms. The molecule has 0 bridgehead atoms. The molecule has 2 aliphatic rings. The molecule has 1 aromatic rings. The van der Waals surface area contributed by atoms with Gasteiger partial charge in [0.15, 0.2) is 0 Å². The molecule has 0 aromatic heterocycles. The summed E-state index contributed by atoms with van der Waals surface area (Å²) in [5.74, 6) is 0.564. The summed E-state index contributed by atoms with van der Waals surface area (Å²) in [6.07, 6.45) is 5.78. The Morgan fingerprint density at radius 2 is 2.09 bits per heavy atom. The number of hydrogen-bond donors (Lipinski definition) is 1. The molecular formula is C17H24N2O3. The largest absolute Gasteiger partial charge is 0.441 e. The van der Waals surface area contributed by atoms with Gasteiger partial charge in [-0.25, -0.2) is 4.79 Å². The van der Waals surface area contributed by atoms with E-state index in [4.69, 9.17) is 15.2 Å². The van der Waals surface area contributed by atoms with Crippen LogP contribution in [0.25, 0.3) is 0 Å². The topological polar surface area (TPSA) is 64.8 Å². The average molecular weight is 304 g/mol. The SMILES string of the molecule is COC[C@@H]1CN(c2ccc(C3CCCCC3)c(N)c2)C(=O)O1. The molecule has 1 saturated heterocycles. The van der Waals surface area contributed by atoms with Crippen molar-refractivity contribution in [3.63, 3.8) is 0 Å². The zero-order chi connectivity index (χ0) is 15.5. The summed E-state index contributed by atoms with van der Waals surface area (Å²) < 4.78 is 10.3. The Labute approximate surface area is 131 Å². The lowest BCUT2D eigenvalue weighted by Crippen LogP contribution is -2.25. The number of benzene rings is 1. The van der Waals surface area contributed by atoms with E-state index in [9.17, 15) is 4.79 Å². The van der Waals surface area contributed by atoms with E-state index >= 15 is 0 Å². The summed E-state index contributed by atoms with van der Waals surface area (Å²) in [5.41, 5.74) is 9.07. The van der Waals surface area contributed by atoms with Crippen molar-refractivity contribution in [3.8, 4) is 0 Å². The molecule has 2 fully saturated rings. The third kappa shape index (κ3) is 3.04. The summed E-state index contributed by atoms with van der Waals surface area (Å²) in [5, 5.41) is 0. The second-order valence-corrected chi connectivity index (χ2v) is 6.22. The van der Waals surface area contributed by atoms with Crippen LogP contribution in [-0.2, 0) is 9.47 Å². The fourth-order valence-corrected chi connectivity index (χ4v) is 3.52. The van der Waals surface area contributed by atoms with Gasteiger partial charge in [0, 0.05) is 18.5 Å². The Bertz CT molecular complexity index is 541. The first kappa shape index (κ1) is 15.2. The Morgan fingerprint density at radius 1 is 1.32 bits per heavy atom. The van der Waals surface area contributed by atoms with E-state index in [1.54, 1.807) is 12.0 Å². The van der Waals surface area contributed by atoms with Gasteiger partial charge in [-0.05, 0) is 36.5 Å². The van der Waals surface area contributed by atoms with Gasteiger partial charge in [-0.1, -0.05) is 25.3 Å². The number of nitrogen functional groups attached to an aromatic ring is 1. The monoisotopic (exact) mass is 304 g/mol. The molecule has 1 saturated carbocycles. The highest BCUT2D eigenvalue weighted by Gasteiger charge is 2.32. The van der Waals surface area contributed by atoms with Crippen LogP contribution in [0.1, 0.15) is 43.6 Å². The highest BCUT2D eigenvalue weighted by atomic mass is 16.6. The molecule has 0 radical (unpaired) electrons. The van der Waals surface area contributed by atoms with Gasteiger partial charge >= 0.3 is 6.09 Å². The third-order valence-corrected chi connectivity index (χ3v) is 4.65.